The third kappa shape index (κ3) is 1.72. The molecular formula is C14H15Cl2N. The number of fused-ring (bicyclic) bond motifs is 1. The summed E-state index contributed by atoms with van der Waals surface area (Å²) in [6.45, 7) is 6.27. The predicted molar refractivity (Wildman–Crippen MR) is 72.9 cm³/mol. The highest BCUT2D eigenvalue weighted by molar-refractivity contribution is 6.42. The number of allylic oxidation sites excluding steroid dienone is 1. The molecule has 1 aromatic carbocycles. The van der Waals surface area contributed by atoms with Crippen molar-refractivity contribution in [1.82, 2.24) is 5.32 Å². The van der Waals surface area contributed by atoms with Gasteiger partial charge in [-0.3, -0.25) is 0 Å². The van der Waals surface area contributed by atoms with Gasteiger partial charge in [-0.25, -0.2) is 0 Å². The van der Waals surface area contributed by atoms with E-state index in [0.717, 1.165) is 25.9 Å². The fourth-order valence-corrected chi connectivity index (χ4v) is 3.69. The largest absolute Gasteiger partial charge is 0.316 e. The van der Waals surface area contributed by atoms with Crippen LogP contribution in [0.5, 0.6) is 0 Å². The van der Waals surface area contributed by atoms with E-state index in [1.165, 1.54) is 11.1 Å². The summed E-state index contributed by atoms with van der Waals surface area (Å²) in [5, 5.41) is 4.79. The Morgan fingerprint density at radius 2 is 2.12 bits per heavy atom. The summed E-state index contributed by atoms with van der Waals surface area (Å²) in [4.78, 5) is 0. The second kappa shape index (κ2) is 4.01. The van der Waals surface area contributed by atoms with E-state index in [1.807, 2.05) is 12.1 Å². The zero-order valence-electron chi connectivity index (χ0n) is 9.60. The first-order valence-corrected chi connectivity index (χ1v) is 6.70. The number of benzene rings is 1. The quantitative estimate of drug-likeness (QED) is 0.764. The minimum absolute atomic E-state index is 0.200. The molecule has 1 aromatic rings. The summed E-state index contributed by atoms with van der Waals surface area (Å²) < 4.78 is 0. The number of nitrogens with one attached hydrogen (secondary N) is 1. The van der Waals surface area contributed by atoms with Crippen LogP contribution in [-0.4, -0.2) is 13.1 Å². The van der Waals surface area contributed by atoms with E-state index in [4.69, 9.17) is 23.2 Å². The van der Waals surface area contributed by atoms with Gasteiger partial charge in [0.05, 0.1) is 10.0 Å². The summed E-state index contributed by atoms with van der Waals surface area (Å²) in [6, 6.07) is 6.06. The van der Waals surface area contributed by atoms with E-state index in [-0.39, 0.29) is 5.41 Å². The molecule has 1 heterocycles. The number of hydrogen-bond donors (Lipinski definition) is 1. The van der Waals surface area contributed by atoms with Gasteiger partial charge in [0, 0.05) is 12.0 Å². The molecule has 1 saturated carbocycles. The molecule has 1 aliphatic heterocycles. The van der Waals surface area contributed by atoms with E-state index in [1.54, 1.807) is 0 Å². The Kier molecular flexibility index (Phi) is 2.73. The monoisotopic (exact) mass is 267 g/mol. The zero-order chi connectivity index (χ0) is 12.0. The lowest BCUT2D eigenvalue weighted by Crippen LogP contribution is -2.30. The first kappa shape index (κ1) is 11.6. The highest BCUT2D eigenvalue weighted by Crippen LogP contribution is 2.50. The Morgan fingerprint density at radius 3 is 2.88 bits per heavy atom. The molecule has 1 aliphatic carbocycles. The van der Waals surface area contributed by atoms with Crippen molar-refractivity contribution in [2.24, 2.45) is 5.92 Å². The van der Waals surface area contributed by atoms with Gasteiger partial charge in [0.2, 0.25) is 0 Å². The van der Waals surface area contributed by atoms with Crippen molar-refractivity contribution in [3.63, 3.8) is 0 Å². The van der Waals surface area contributed by atoms with Crippen molar-refractivity contribution >= 4 is 23.2 Å². The van der Waals surface area contributed by atoms with E-state index in [0.29, 0.717) is 16.0 Å². The fourth-order valence-electron chi connectivity index (χ4n) is 3.40. The second-order valence-corrected chi connectivity index (χ2v) is 6.06. The molecule has 0 aromatic heterocycles. The van der Waals surface area contributed by atoms with Gasteiger partial charge >= 0.3 is 0 Å². The van der Waals surface area contributed by atoms with Crippen LogP contribution in [0.15, 0.2) is 30.4 Å². The molecule has 0 bridgehead atoms. The van der Waals surface area contributed by atoms with E-state index in [2.05, 4.69) is 18.0 Å². The van der Waals surface area contributed by atoms with Crippen molar-refractivity contribution < 1.29 is 0 Å². The third-order valence-corrected chi connectivity index (χ3v) is 4.95. The van der Waals surface area contributed by atoms with Gasteiger partial charge in [0.1, 0.15) is 0 Å². The molecule has 0 spiro atoms. The van der Waals surface area contributed by atoms with Crippen molar-refractivity contribution in [2.75, 3.05) is 13.1 Å². The van der Waals surface area contributed by atoms with Crippen LogP contribution in [0.3, 0.4) is 0 Å². The van der Waals surface area contributed by atoms with E-state index < -0.39 is 0 Å². The fraction of sp³-hybridized carbons (Fsp3) is 0.429. The topological polar surface area (TPSA) is 12.0 Å². The third-order valence-electron chi connectivity index (χ3n) is 4.21. The molecule has 1 saturated heterocycles. The highest BCUT2D eigenvalue weighted by atomic mass is 35.5. The van der Waals surface area contributed by atoms with Crippen LogP contribution in [0.4, 0.5) is 0 Å². The summed E-state index contributed by atoms with van der Waals surface area (Å²) in [5.41, 5.74) is 2.87. The van der Waals surface area contributed by atoms with Crippen LogP contribution >= 0.6 is 23.2 Å². The normalized spacial score (nSPS) is 31.9. The molecule has 90 valence electrons. The van der Waals surface area contributed by atoms with Crippen LogP contribution in [0.2, 0.25) is 10.0 Å². The first-order chi connectivity index (χ1) is 8.12. The van der Waals surface area contributed by atoms with Crippen LogP contribution in [0.1, 0.15) is 18.4 Å². The van der Waals surface area contributed by atoms with Gasteiger partial charge in [0.25, 0.3) is 0 Å². The van der Waals surface area contributed by atoms with E-state index >= 15 is 0 Å². The van der Waals surface area contributed by atoms with Crippen molar-refractivity contribution in [3.8, 4) is 0 Å². The smallest absolute Gasteiger partial charge is 0.0595 e. The molecule has 0 radical (unpaired) electrons. The zero-order valence-corrected chi connectivity index (χ0v) is 11.1. The molecule has 0 amide bonds. The minimum Gasteiger partial charge on any atom is -0.316 e. The maximum absolute atomic E-state index is 6.14. The minimum atomic E-state index is 0.200. The lowest BCUT2D eigenvalue weighted by atomic mass is 9.74. The highest BCUT2D eigenvalue weighted by Gasteiger charge is 2.48. The Morgan fingerprint density at radius 1 is 1.29 bits per heavy atom. The van der Waals surface area contributed by atoms with Gasteiger partial charge in [0.15, 0.2) is 0 Å². The van der Waals surface area contributed by atoms with Crippen molar-refractivity contribution in [2.45, 2.75) is 18.3 Å². The van der Waals surface area contributed by atoms with Gasteiger partial charge in [-0.1, -0.05) is 41.4 Å². The summed E-state index contributed by atoms with van der Waals surface area (Å²) in [7, 11) is 0. The van der Waals surface area contributed by atoms with Gasteiger partial charge in [-0.05, 0) is 43.0 Å². The Balaban J connectivity index is 2.06. The van der Waals surface area contributed by atoms with E-state index in [9.17, 15) is 0 Å². The van der Waals surface area contributed by atoms with Crippen LogP contribution in [-0.2, 0) is 5.41 Å². The number of rotatable bonds is 1. The Labute approximate surface area is 112 Å². The summed E-state index contributed by atoms with van der Waals surface area (Å²) in [6.07, 6.45) is 2.20. The number of halogens is 2. The summed E-state index contributed by atoms with van der Waals surface area (Å²) in [5.74, 6) is 0.659. The molecule has 1 N–H and O–H groups in total. The molecule has 2 atom stereocenters. The SMILES string of the molecule is C=C1CC2CNCC2(c2ccc(Cl)c(Cl)c2)C1. The number of hydrogen-bond acceptors (Lipinski definition) is 1. The van der Waals surface area contributed by atoms with Crippen LogP contribution in [0.25, 0.3) is 0 Å². The molecule has 3 rings (SSSR count). The molecule has 3 heteroatoms. The first-order valence-electron chi connectivity index (χ1n) is 5.95. The van der Waals surface area contributed by atoms with Crippen molar-refractivity contribution in [1.29, 1.82) is 0 Å². The molecule has 2 aliphatic rings. The van der Waals surface area contributed by atoms with Gasteiger partial charge < -0.3 is 5.32 Å². The lowest BCUT2D eigenvalue weighted by molar-refractivity contribution is 0.403. The average Bonchev–Trinajstić information content (AvgIpc) is 2.78. The second-order valence-electron chi connectivity index (χ2n) is 5.24. The maximum Gasteiger partial charge on any atom is 0.0595 e. The lowest BCUT2D eigenvalue weighted by Gasteiger charge is -2.29. The summed E-state index contributed by atoms with van der Waals surface area (Å²) >= 11 is 12.1. The van der Waals surface area contributed by atoms with Crippen LogP contribution in [0, 0.1) is 5.92 Å². The Bertz CT molecular complexity index is 483. The van der Waals surface area contributed by atoms with Crippen molar-refractivity contribution in [3.05, 3.63) is 46.0 Å². The molecular weight excluding hydrogens is 253 g/mol. The van der Waals surface area contributed by atoms with Crippen LogP contribution < -0.4 is 5.32 Å². The van der Waals surface area contributed by atoms with Gasteiger partial charge in [-0.15, -0.1) is 0 Å². The average molecular weight is 268 g/mol. The molecule has 2 fully saturated rings. The standard InChI is InChI=1S/C14H15Cl2N/c1-9-4-11-7-17-8-14(11,6-9)10-2-3-12(15)13(16)5-10/h2-3,5,11,17H,1,4,6-8H2. The molecule has 1 nitrogen and oxygen atoms in total. The molecule has 2 unspecified atom stereocenters. The van der Waals surface area contributed by atoms with Gasteiger partial charge in [-0.2, -0.15) is 0 Å². The predicted octanol–water partition coefficient (Wildman–Crippen LogP) is 3.80. The Hall–Kier alpha value is -0.500. The maximum atomic E-state index is 6.14. The molecule has 17 heavy (non-hydrogen) atoms.